The molecule has 0 spiro atoms. The number of alkyl halides is 2. The van der Waals surface area contributed by atoms with Gasteiger partial charge in [0.15, 0.2) is 0 Å². The zero-order valence-electron chi connectivity index (χ0n) is 21.7. The third-order valence-corrected chi connectivity index (χ3v) is 6.90. The molecule has 39 heavy (non-hydrogen) atoms. The number of hydrogen-bond donors (Lipinski definition) is 1. The summed E-state index contributed by atoms with van der Waals surface area (Å²) >= 11 is 0. The first-order valence-corrected chi connectivity index (χ1v) is 13.0. The number of carbonyl (C=O) groups is 1. The number of amides is 1. The Balaban J connectivity index is 1.44. The Labute approximate surface area is 224 Å². The molecule has 1 fully saturated rings. The monoisotopic (exact) mass is 537 g/mol. The molecule has 5 rings (SSSR count). The van der Waals surface area contributed by atoms with E-state index in [9.17, 15) is 18.0 Å². The fourth-order valence-corrected chi connectivity index (χ4v) is 5.01. The molecule has 4 aromatic rings. The molecule has 204 valence electrons. The van der Waals surface area contributed by atoms with Crippen LogP contribution in [0.15, 0.2) is 61.1 Å². The third kappa shape index (κ3) is 6.22. The number of carbonyl (C=O) groups excluding carboxylic acids is 1. The Morgan fingerprint density at radius 2 is 2.05 bits per heavy atom. The number of halogens is 3. The first kappa shape index (κ1) is 26.7. The summed E-state index contributed by atoms with van der Waals surface area (Å²) < 4.78 is 47.8. The molecule has 0 aliphatic carbocycles. The summed E-state index contributed by atoms with van der Waals surface area (Å²) in [6, 6.07) is 11.3. The molecular formula is C29H30F3N5O2. The van der Waals surface area contributed by atoms with Crippen LogP contribution in [0.3, 0.4) is 0 Å². The van der Waals surface area contributed by atoms with Crippen LogP contribution in [0.2, 0.25) is 0 Å². The first-order chi connectivity index (χ1) is 18.8. The van der Waals surface area contributed by atoms with E-state index in [0.29, 0.717) is 48.6 Å². The number of nitrogens with one attached hydrogen (secondary N) is 1. The number of aromatic amines is 1. The largest absolute Gasteiger partial charge is 0.493 e. The van der Waals surface area contributed by atoms with Crippen LogP contribution in [0.5, 0.6) is 5.75 Å². The SMILES string of the molecule is CCOc1cc(C(=O)N(CCN2CCCC(F)(F)C2)Cc2cncc3cn[nH]c23)ccc1-c1cccc(F)c1. The number of ether oxygens (including phenoxy) is 1. The molecule has 1 aliphatic heterocycles. The predicted molar refractivity (Wildman–Crippen MR) is 142 cm³/mol. The molecule has 0 unspecified atom stereocenters. The van der Waals surface area contributed by atoms with Crippen molar-refractivity contribution in [2.45, 2.75) is 32.2 Å². The molecule has 0 atom stereocenters. The minimum absolute atomic E-state index is 0.114. The van der Waals surface area contributed by atoms with Crippen molar-refractivity contribution < 1.29 is 22.7 Å². The Kier molecular flexibility index (Phi) is 7.83. The van der Waals surface area contributed by atoms with Crippen LogP contribution in [0, 0.1) is 5.82 Å². The summed E-state index contributed by atoms with van der Waals surface area (Å²) in [4.78, 5) is 21.5. The Hall–Kier alpha value is -3.92. The van der Waals surface area contributed by atoms with E-state index in [1.807, 2.05) is 6.92 Å². The summed E-state index contributed by atoms with van der Waals surface area (Å²) in [6.07, 6.45) is 5.32. The zero-order valence-corrected chi connectivity index (χ0v) is 21.7. The van der Waals surface area contributed by atoms with Gasteiger partial charge in [0, 0.05) is 60.5 Å². The predicted octanol–water partition coefficient (Wildman–Crippen LogP) is 5.54. The number of hydrogen-bond acceptors (Lipinski definition) is 5. The minimum atomic E-state index is -2.72. The molecule has 1 aliphatic rings. The maximum atomic E-state index is 14.0. The Morgan fingerprint density at radius 3 is 2.85 bits per heavy atom. The molecule has 0 radical (unpaired) electrons. The maximum absolute atomic E-state index is 14.0. The van der Waals surface area contributed by atoms with E-state index >= 15 is 0 Å². The van der Waals surface area contributed by atoms with Crippen molar-refractivity contribution in [2.24, 2.45) is 0 Å². The number of aromatic nitrogens is 3. The minimum Gasteiger partial charge on any atom is -0.493 e. The summed E-state index contributed by atoms with van der Waals surface area (Å²) in [5, 5.41) is 7.85. The highest BCUT2D eigenvalue weighted by atomic mass is 19.3. The van der Waals surface area contributed by atoms with Crippen molar-refractivity contribution in [3.8, 4) is 16.9 Å². The Morgan fingerprint density at radius 1 is 1.18 bits per heavy atom. The average molecular weight is 538 g/mol. The van der Waals surface area contributed by atoms with Gasteiger partial charge < -0.3 is 9.64 Å². The van der Waals surface area contributed by atoms with Crippen LogP contribution in [-0.4, -0.2) is 69.6 Å². The number of piperidine rings is 1. The summed E-state index contributed by atoms with van der Waals surface area (Å²) in [6.45, 7) is 3.21. The van der Waals surface area contributed by atoms with Gasteiger partial charge in [0.1, 0.15) is 11.6 Å². The van der Waals surface area contributed by atoms with Crippen molar-refractivity contribution in [3.05, 3.63) is 78.0 Å². The number of pyridine rings is 1. The highest BCUT2D eigenvalue weighted by Gasteiger charge is 2.35. The lowest BCUT2D eigenvalue weighted by molar-refractivity contribution is -0.0647. The normalized spacial score (nSPS) is 15.4. The van der Waals surface area contributed by atoms with Crippen molar-refractivity contribution in [1.29, 1.82) is 0 Å². The second-order valence-corrected chi connectivity index (χ2v) is 9.75. The second kappa shape index (κ2) is 11.4. The van der Waals surface area contributed by atoms with E-state index in [2.05, 4.69) is 15.2 Å². The molecule has 0 saturated carbocycles. The molecule has 1 amide bonds. The molecule has 2 aromatic carbocycles. The van der Waals surface area contributed by atoms with E-state index in [4.69, 9.17) is 4.74 Å². The number of nitrogens with zero attached hydrogens (tertiary/aromatic N) is 4. The number of H-pyrrole nitrogens is 1. The van der Waals surface area contributed by atoms with Crippen LogP contribution in [0.1, 0.15) is 35.7 Å². The standard InChI is InChI=1S/C29H30F3N5O2/c1-2-39-26-14-21(7-8-25(26)20-5-3-6-24(30)13-20)28(38)37(12-11-36-10-4-9-29(31,32)19-36)18-23-16-33-15-22-17-34-35-27(22)23/h3,5-8,13-17H,2,4,9-12,18-19H2,1H3,(H,34,35). The number of fused-ring (bicyclic) bond motifs is 1. The van der Waals surface area contributed by atoms with Crippen LogP contribution in [0.25, 0.3) is 22.0 Å². The van der Waals surface area contributed by atoms with Gasteiger partial charge in [-0.2, -0.15) is 5.10 Å². The molecule has 0 bridgehead atoms. The summed E-state index contributed by atoms with van der Waals surface area (Å²) in [7, 11) is 0. The summed E-state index contributed by atoms with van der Waals surface area (Å²) in [5.41, 5.74) is 3.22. The van der Waals surface area contributed by atoms with Crippen molar-refractivity contribution in [3.63, 3.8) is 0 Å². The fraction of sp³-hybridized carbons (Fsp3) is 0.345. The first-order valence-electron chi connectivity index (χ1n) is 13.0. The van der Waals surface area contributed by atoms with E-state index in [1.54, 1.807) is 58.7 Å². The van der Waals surface area contributed by atoms with Gasteiger partial charge in [-0.1, -0.05) is 12.1 Å². The topological polar surface area (TPSA) is 74.3 Å². The highest BCUT2D eigenvalue weighted by Crippen LogP contribution is 2.32. The van der Waals surface area contributed by atoms with Gasteiger partial charge in [-0.05, 0) is 55.8 Å². The van der Waals surface area contributed by atoms with Crippen molar-refractivity contribution in [1.82, 2.24) is 25.0 Å². The number of likely N-dealkylation sites (tertiary alicyclic amines) is 1. The van der Waals surface area contributed by atoms with Gasteiger partial charge in [-0.15, -0.1) is 0 Å². The smallest absolute Gasteiger partial charge is 0.260 e. The van der Waals surface area contributed by atoms with E-state index in [-0.39, 0.29) is 37.8 Å². The lowest BCUT2D eigenvalue weighted by atomic mass is 10.0. The quantitative estimate of drug-likeness (QED) is 0.304. The van der Waals surface area contributed by atoms with Gasteiger partial charge in [0.25, 0.3) is 11.8 Å². The number of rotatable bonds is 9. The van der Waals surface area contributed by atoms with Gasteiger partial charge >= 0.3 is 0 Å². The zero-order chi connectivity index (χ0) is 27.4. The molecule has 1 saturated heterocycles. The van der Waals surface area contributed by atoms with Crippen molar-refractivity contribution >= 4 is 16.8 Å². The fourth-order valence-electron chi connectivity index (χ4n) is 5.01. The lowest BCUT2D eigenvalue weighted by Gasteiger charge is -2.34. The van der Waals surface area contributed by atoms with Gasteiger partial charge in [0.2, 0.25) is 0 Å². The van der Waals surface area contributed by atoms with Crippen LogP contribution in [0.4, 0.5) is 13.2 Å². The molecular weight excluding hydrogens is 507 g/mol. The lowest BCUT2D eigenvalue weighted by Crippen LogP contribution is -2.46. The molecule has 1 N–H and O–H groups in total. The van der Waals surface area contributed by atoms with Crippen molar-refractivity contribution in [2.75, 3.05) is 32.8 Å². The third-order valence-electron chi connectivity index (χ3n) is 6.90. The molecule has 2 aromatic heterocycles. The summed E-state index contributed by atoms with van der Waals surface area (Å²) in [5.74, 6) is -2.91. The molecule has 10 heteroatoms. The van der Waals surface area contributed by atoms with Crippen LogP contribution >= 0.6 is 0 Å². The Bertz CT molecular complexity index is 1460. The molecule has 3 heterocycles. The number of benzene rings is 2. The van der Waals surface area contributed by atoms with E-state index in [1.165, 1.54) is 12.1 Å². The van der Waals surface area contributed by atoms with Gasteiger partial charge in [0.05, 0.1) is 24.9 Å². The second-order valence-electron chi connectivity index (χ2n) is 9.75. The van der Waals surface area contributed by atoms with E-state index in [0.717, 1.165) is 16.5 Å². The van der Waals surface area contributed by atoms with Gasteiger partial charge in [-0.3, -0.25) is 19.8 Å². The van der Waals surface area contributed by atoms with E-state index < -0.39 is 5.92 Å². The van der Waals surface area contributed by atoms with Crippen LogP contribution < -0.4 is 4.74 Å². The molecule has 7 nitrogen and oxygen atoms in total. The van der Waals surface area contributed by atoms with Gasteiger partial charge in [-0.25, -0.2) is 13.2 Å². The maximum Gasteiger partial charge on any atom is 0.260 e. The average Bonchev–Trinajstić information content (AvgIpc) is 3.40. The highest BCUT2D eigenvalue weighted by molar-refractivity contribution is 5.96. The van der Waals surface area contributed by atoms with Crippen LogP contribution in [-0.2, 0) is 6.54 Å².